The summed E-state index contributed by atoms with van der Waals surface area (Å²) in [5.41, 5.74) is 4.46. The van der Waals surface area contributed by atoms with Crippen molar-refractivity contribution in [2.24, 2.45) is 0 Å². The number of para-hydroxylation sites is 1. The summed E-state index contributed by atoms with van der Waals surface area (Å²) < 4.78 is 0. The number of nitrogens with zero attached hydrogens (tertiary/aromatic N) is 2. The highest BCUT2D eigenvalue weighted by molar-refractivity contribution is 6.37. The van der Waals surface area contributed by atoms with Gasteiger partial charge in [-0.3, -0.25) is 9.78 Å². The number of hydrogen-bond donors (Lipinski definition) is 2. The number of pyridine rings is 1. The molecule has 2 fully saturated rings. The van der Waals surface area contributed by atoms with Crippen molar-refractivity contribution < 1.29 is 9.90 Å². The molecule has 0 radical (unpaired) electrons. The maximum atomic E-state index is 12.3. The molecule has 2 aromatic carbocycles. The number of rotatable bonds is 6. The second kappa shape index (κ2) is 9.37. The molecule has 2 aliphatic rings. The Morgan fingerprint density at radius 2 is 1.79 bits per heavy atom. The van der Waals surface area contributed by atoms with E-state index >= 15 is 0 Å². The Morgan fingerprint density at radius 1 is 1.09 bits per heavy atom. The molecule has 178 valence electrons. The number of carbonyl (C=O) groups excluding carboxylic acids is 1. The minimum Gasteiger partial charge on any atom is -0.505 e. The number of aromatic hydroxyl groups is 1. The first-order valence-electron chi connectivity index (χ1n) is 11.9. The van der Waals surface area contributed by atoms with Crippen LogP contribution in [0.5, 0.6) is 5.75 Å². The molecule has 2 N–H and O–H groups in total. The molecule has 0 spiro atoms. The van der Waals surface area contributed by atoms with Gasteiger partial charge in [0, 0.05) is 29.3 Å². The van der Waals surface area contributed by atoms with E-state index in [0.29, 0.717) is 17.5 Å². The van der Waals surface area contributed by atoms with E-state index in [0.717, 1.165) is 66.2 Å². The van der Waals surface area contributed by atoms with Gasteiger partial charge in [0.1, 0.15) is 0 Å². The van der Waals surface area contributed by atoms with Crippen LogP contribution in [0.3, 0.4) is 0 Å². The van der Waals surface area contributed by atoms with Crippen LogP contribution in [0.25, 0.3) is 10.9 Å². The molecule has 0 saturated heterocycles. The molecule has 0 aliphatic heterocycles. The standard InChI is InChI=1S/C27H29Cl2N3O2/c1-32(2)24-10-9-17(13-19(24)16-11-21(28)27(34)22(29)12-16)30-26-18-5-3-4-6-23(18)31-25(15-7-8-15)20(26)14-33/h3-6,11-12,14-15,17,19,24,34H,7-10,13H2,1-2H3,(H,30,31)/t17-,19-,24-/m1/s1. The van der Waals surface area contributed by atoms with Crippen molar-refractivity contribution in [2.75, 3.05) is 19.4 Å². The molecular formula is C27H29Cl2N3O2. The molecule has 0 bridgehead atoms. The lowest BCUT2D eigenvalue weighted by Gasteiger charge is -2.41. The van der Waals surface area contributed by atoms with Crippen LogP contribution in [0.1, 0.15) is 65.6 Å². The van der Waals surface area contributed by atoms with Crippen molar-refractivity contribution in [2.45, 2.75) is 56.0 Å². The van der Waals surface area contributed by atoms with Gasteiger partial charge in [-0.15, -0.1) is 0 Å². The summed E-state index contributed by atoms with van der Waals surface area (Å²) in [6, 6.07) is 12.2. The Balaban J connectivity index is 1.52. The average molecular weight is 498 g/mol. The average Bonchev–Trinajstić information content (AvgIpc) is 3.67. The number of halogens is 2. The van der Waals surface area contributed by atoms with Crippen molar-refractivity contribution >= 4 is 46.1 Å². The first-order valence-corrected chi connectivity index (χ1v) is 12.6. The Kier molecular flexibility index (Phi) is 6.45. The third kappa shape index (κ3) is 4.37. The van der Waals surface area contributed by atoms with Crippen LogP contribution < -0.4 is 5.32 Å². The summed E-state index contributed by atoms with van der Waals surface area (Å²) in [6.07, 6.45) is 5.97. The van der Waals surface area contributed by atoms with E-state index in [9.17, 15) is 9.90 Å². The molecule has 5 rings (SSSR count). The molecule has 5 nitrogen and oxygen atoms in total. The van der Waals surface area contributed by atoms with Gasteiger partial charge >= 0.3 is 0 Å². The number of benzene rings is 2. The quantitative estimate of drug-likeness (QED) is 0.374. The summed E-state index contributed by atoms with van der Waals surface area (Å²) in [7, 11) is 4.19. The predicted molar refractivity (Wildman–Crippen MR) is 139 cm³/mol. The van der Waals surface area contributed by atoms with Gasteiger partial charge in [0.2, 0.25) is 0 Å². The smallest absolute Gasteiger partial charge is 0.154 e. The highest BCUT2D eigenvalue weighted by atomic mass is 35.5. The molecule has 3 atom stereocenters. The number of aldehydes is 1. The molecule has 0 amide bonds. The van der Waals surface area contributed by atoms with Crippen molar-refractivity contribution in [3.63, 3.8) is 0 Å². The van der Waals surface area contributed by atoms with E-state index in [1.165, 1.54) is 0 Å². The highest BCUT2D eigenvalue weighted by Gasteiger charge is 2.35. The SMILES string of the molecule is CN(C)[C@@H]1CC[C@@H](Nc2c(C=O)c(C3CC3)nc3ccccc23)C[C@@H]1c1cc(Cl)c(O)c(Cl)c1. The van der Waals surface area contributed by atoms with Gasteiger partial charge in [-0.25, -0.2) is 0 Å². The van der Waals surface area contributed by atoms with Crippen LogP contribution in [0.2, 0.25) is 10.0 Å². The van der Waals surface area contributed by atoms with Crippen molar-refractivity contribution in [3.05, 3.63) is 63.3 Å². The fourth-order valence-corrected chi connectivity index (χ4v) is 5.96. The summed E-state index contributed by atoms with van der Waals surface area (Å²) >= 11 is 12.6. The molecular weight excluding hydrogens is 469 g/mol. The molecule has 1 aromatic heterocycles. The van der Waals surface area contributed by atoms with Crippen molar-refractivity contribution in [1.29, 1.82) is 0 Å². The Hall–Kier alpha value is -2.34. The van der Waals surface area contributed by atoms with Gasteiger partial charge in [0.15, 0.2) is 12.0 Å². The monoisotopic (exact) mass is 497 g/mol. The van der Waals surface area contributed by atoms with Crippen molar-refractivity contribution in [1.82, 2.24) is 9.88 Å². The molecule has 34 heavy (non-hydrogen) atoms. The summed E-state index contributed by atoms with van der Waals surface area (Å²) in [6.45, 7) is 0. The zero-order chi connectivity index (χ0) is 24.0. The molecule has 0 unspecified atom stereocenters. The van der Waals surface area contributed by atoms with E-state index in [2.05, 4.69) is 24.3 Å². The van der Waals surface area contributed by atoms with Crippen molar-refractivity contribution in [3.8, 4) is 5.75 Å². The summed E-state index contributed by atoms with van der Waals surface area (Å²) in [5.74, 6) is 0.474. The summed E-state index contributed by atoms with van der Waals surface area (Å²) in [4.78, 5) is 19.4. The minimum atomic E-state index is -0.0783. The molecule has 3 aromatic rings. The lowest BCUT2D eigenvalue weighted by atomic mass is 9.77. The van der Waals surface area contributed by atoms with Gasteiger partial charge in [-0.1, -0.05) is 41.4 Å². The Morgan fingerprint density at radius 3 is 2.44 bits per heavy atom. The number of anilines is 1. The first kappa shape index (κ1) is 23.4. The third-order valence-corrected chi connectivity index (χ3v) is 7.91. The maximum Gasteiger partial charge on any atom is 0.154 e. The first-order chi connectivity index (χ1) is 16.4. The number of phenolic OH excluding ortho intramolecular Hbond substituents is 1. The van der Waals surface area contributed by atoms with E-state index in [4.69, 9.17) is 28.2 Å². The van der Waals surface area contributed by atoms with Crippen LogP contribution in [-0.2, 0) is 0 Å². The fourth-order valence-electron chi connectivity index (χ4n) is 5.45. The third-order valence-electron chi connectivity index (χ3n) is 7.33. The summed E-state index contributed by atoms with van der Waals surface area (Å²) in [5, 5.41) is 15.3. The van der Waals surface area contributed by atoms with Crippen LogP contribution >= 0.6 is 23.2 Å². The Bertz CT molecular complexity index is 1220. The van der Waals surface area contributed by atoms with Gasteiger partial charge in [-0.2, -0.15) is 0 Å². The van der Waals surface area contributed by atoms with Crippen LogP contribution in [0.4, 0.5) is 5.69 Å². The van der Waals surface area contributed by atoms with Gasteiger partial charge in [-0.05, 0) is 70.0 Å². The molecule has 2 aliphatic carbocycles. The largest absolute Gasteiger partial charge is 0.505 e. The van der Waals surface area contributed by atoms with Gasteiger partial charge in [0.25, 0.3) is 0 Å². The number of hydrogen-bond acceptors (Lipinski definition) is 5. The maximum absolute atomic E-state index is 12.3. The fraction of sp³-hybridized carbons (Fsp3) is 0.407. The number of nitrogens with one attached hydrogen (secondary N) is 1. The molecule has 7 heteroatoms. The van der Waals surface area contributed by atoms with Crippen LogP contribution in [0, 0.1) is 0 Å². The number of aromatic nitrogens is 1. The second-order valence-corrected chi connectivity index (χ2v) is 10.6. The van der Waals surface area contributed by atoms with E-state index in [-0.39, 0.29) is 27.8 Å². The minimum absolute atomic E-state index is 0.0783. The van der Waals surface area contributed by atoms with Crippen LogP contribution in [0.15, 0.2) is 36.4 Å². The molecule has 2 saturated carbocycles. The second-order valence-electron chi connectivity index (χ2n) is 9.82. The normalized spacial score (nSPS) is 22.8. The molecule has 1 heterocycles. The number of fused-ring (bicyclic) bond motifs is 1. The topological polar surface area (TPSA) is 65.5 Å². The van der Waals surface area contributed by atoms with E-state index in [1.807, 2.05) is 36.4 Å². The zero-order valence-corrected chi connectivity index (χ0v) is 20.9. The van der Waals surface area contributed by atoms with E-state index < -0.39 is 0 Å². The van der Waals surface area contributed by atoms with E-state index in [1.54, 1.807) is 0 Å². The van der Waals surface area contributed by atoms with Gasteiger partial charge < -0.3 is 15.3 Å². The van der Waals surface area contributed by atoms with Crippen LogP contribution in [-0.4, -0.2) is 47.5 Å². The number of phenols is 1. The van der Waals surface area contributed by atoms with Gasteiger partial charge in [0.05, 0.1) is 32.5 Å². The predicted octanol–water partition coefficient (Wildman–Crippen LogP) is 6.62. The number of carbonyl (C=O) groups is 1. The highest BCUT2D eigenvalue weighted by Crippen LogP contribution is 2.45. The lowest BCUT2D eigenvalue weighted by molar-refractivity contribution is 0.112. The number of likely N-dealkylation sites (N-methyl/N-ethyl adjacent to an activating group) is 1. The lowest BCUT2D eigenvalue weighted by Crippen LogP contribution is -2.42. The Labute approximate surface area is 210 Å². The zero-order valence-electron chi connectivity index (χ0n) is 19.4.